The van der Waals surface area contributed by atoms with Crippen molar-refractivity contribution < 1.29 is 4.74 Å². The van der Waals surface area contributed by atoms with E-state index in [0.29, 0.717) is 12.6 Å². The molecule has 0 aliphatic carbocycles. The minimum Gasteiger partial charge on any atom is -0.374 e. The maximum absolute atomic E-state index is 6.00. The van der Waals surface area contributed by atoms with Crippen molar-refractivity contribution >= 4 is 11.8 Å². The predicted molar refractivity (Wildman–Crippen MR) is 66.8 cm³/mol. The molecule has 0 saturated carbocycles. The molecule has 2 aliphatic heterocycles. The van der Waals surface area contributed by atoms with Gasteiger partial charge in [-0.1, -0.05) is 5.21 Å². The fourth-order valence-corrected chi connectivity index (χ4v) is 4.05. The molecule has 2 fully saturated rings. The third kappa shape index (κ3) is 2.21. The van der Waals surface area contributed by atoms with Crippen LogP contribution in [0.3, 0.4) is 0 Å². The molecule has 0 radical (unpaired) electrons. The Morgan fingerprint density at radius 1 is 1.65 bits per heavy atom. The highest BCUT2D eigenvalue weighted by Crippen LogP contribution is 2.41. The van der Waals surface area contributed by atoms with Crippen LogP contribution in [0.1, 0.15) is 31.0 Å². The predicted octanol–water partition coefficient (Wildman–Crippen LogP) is 0.964. The van der Waals surface area contributed by atoms with E-state index < -0.39 is 0 Å². The average molecular weight is 254 g/mol. The smallest absolute Gasteiger partial charge is 0.0962 e. The molecular weight excluding hydrogens is 236 g/mol. The van der Waals surface area contributed by atoms with Crippen LogP contribution in [0.5, 0.6) is 0 Å². The van der Waals surface area contributed by atoms with Crippen LogP contribution in [0.15, 0.2) is 6.20 Å². The van der Waals surface area contributed by atoms with Gasteiger partial charge in [-0.2, -0.15) is 11.8 Å². The maximum atomic E-state index is 6.00. The van der Waals surface area contributed by atoms with Crippen molar-refractivity contribution in [2.24, 2.45) is 5.73 Å². The SMILES string of the molecule is NCc1cn(C2CCOC3(CCSC3)C2)nn1. The number of nitrogens with zero attached hydrogens (tertiary/aromatic N) is 3. The van der Waals surface area contributed by atoms with Gasteiger partial charge in [-0.3, -0.25) is 0 Å². The second kappa shape index (κ2) is 4.59. The lowest BCUT2D eigenvalue weighted by atomic mass is 9.90. The summed E-state index contributed by atoms with van der Waals surface area (Å²) in [7, 11) is 0. The first kappa shape index (κ1) is 11.5. The second-order valence-electron chi connectivity index (χ2n) is 4.87. The van der Waals surface area contributed by atoms with E-state index in [2.05, 4.69) is 10.3 Å². The van der Waals surface area contributed by atoms with Gasteiger partial charge in [-0.05, 0) is 25.0 Å². The molecule has 1 aromatic heterocycles. The van der Waals surface area contributed by atoms with Gasteiger partial charge >= 0.3 is 0 Å². The van der Waals surface area contributed by atoms with Crippen molar-refractivity contribution in [2.45, 2.75) is 37.5 Å². The van der Waals surface area contributed by atoms with Gasteiger partial charge in [0.25, 0.3) is 0 Å². The largest absolute Gasteiger partial charge is 0.374 e. The Bertz CT molecular complexity index is 389. The van der Waals surface area contributed by atoms with Crippen LogP contribution in [0.4, 0.5) is 0 Å². The van der Waals surface area contributed by atoms with Crippen LogP contribution in [0.25, 0.3) is 0 Å². The monoisotopic (exact) mass is 254 g/mol. The van der Waals surface area contributed by atoms with Gasteiger partial charge in [-0.25, -0.2) is 4.68 Å². The molecule has 2 saturated heterocycles. The Kier molecular flexibility index (Phi) is 3.10. The molecule has 2 aliphatic rings. The summed E-state index contributed by atoms with van der Waals surface area (Å²) in [4.78, 5) is 0. The lowest BCUT2D eigenvalue weighted by Gasteiger charge is -2.37. The van der Waals surface area contributed by atoms with Crippen LogP contribution in [-0.2, 0) is 11.3 Å². The molecule has 1 aromatic rings. The average Bonchev–Trinajstić information content (AvgIpc) is 2.99. The molecule has 3 rings (SSSR count). The molecule has 5 nitrogen and oxygen atoms in total. The molecule has 0 amide bonds. The molecule has 0 aromatic carbocycles. The summed E-state index contributed by atoms with van der Waals surface area (Å²) in [5.74, 6) is 2.35. The van der Waals surface area contributed by atoms with Crippen LogP contribution >= 0.6 is 11.8 Å². The molecule has 1 spiro atoms. The maximum Gasteiger partial charge on any atom is 0.0962 e. The number of rotatable bonds is 2. The number of ether oxygens (including phenoxy) is 1. The van der Waals surface area contributed by atoms with Gasteiger partial charge in [0.15, 0.2) is 0 Å². The molecule has 6 heteroatoms. The molecule has 94 valence electrons. The zero-order valence-electron chi connectivity index (χ0n) is 9.84. The van der Waals surface area contributed by atoms with E-state index in [0.717, 1.165) is 30.9 Å². The van der Waals surface area contributed by atoms with Gasteiger partial charge in [0, 0.05) is 18.9 Å². The van der Waals surface area contributed by atoms with Crippen molar-refractivity contribution in [1.29, 1.82) is 0 Å². The fraction of sp³-hybridized carbons (Fsp3) is 0.818. The van der Waals surface area contributed by atoms with Crippen molar-refractivity contribution in [3.05, 3.63) is 11.9 Å². The molecule has 2 N–H and O–H groups in total. The Morgan fingerprint density at radius 2 is 2.59 bits per heavy atom. The standard InChI is InChI=1S/C11H18N4OS/c12-6-9-7-15(14-13-9)10-1-3-16-11(5-10)2-4-17-8-11/h7,10H,1-6,8,12H2. The summed E-state index contributed by atoms with van der Waals surface area (Å²) >= 11 is 2.00. The number of aromatic nitrogens is 3. The van der Waals surface area contributed by atoms with Gasteiger partial charge in [0.05, 0.1) is 23.5 Å². The lowest BCUT2D eigenvalue weighted by Crippen LogP contribution is -2.40. The summed E-state index contributed by atoms with van der Waals surface area (Å²) in [6, 6.07) is 0.426. The van der Waals surface area contributed by atoms with E-state index in [-0.39, 0.29) is 5.60 Å². The van der Waals surface area contributed by atoms with E-state index in [9.17, 15) is 0 Å². The van der Waals surface area contributed by atoms with Crippen LogP contribution in [0, 0.1) is 0 Å². The van der Waals surface area contributed by atoms with E-state index >= 15 is 0 Å². The summed E-state index contributed by atoms with van der Waals surface area (Å²) in [6.45, 7) is 1.30. The minimum atomic E-state index is 0.0996. The highest BCUT2D eigenvalue weighted by molar-refractivity contribution is 7.99. The Labute approximate surface area is 105 Å². The second-order valence-corrected chi connectivity index (χ2v) is 5.98. The Morgan fingerprint density at radius 3 is 3.29 bits per heavy atom. The van der Waals surface area contributed by atoms with Crippen molar-refractivity contribution in [2.75, 3.05) is 18.1 Å². The van der Waals surface area contributed by atoms with Crippen LogP contribution in [0.2, 0.25) is 0 Å². The third-order valence-electron chi connectivity index (χ3n) is 3.68. The quantitative estimate of drug-likeness (QED) is 0.851. The van der Waals surface area contributed by atoms with Gasteiger partial charge in [0.2, 0.25) is 0 Å². The first-order valence-electron chi connectivity index (χ1n) is 6.14. The lowest BCUT2D eigenvalue weighted by molar-refractivity contribution is -0.0780. The number of thioether (sulfide) groups is 1. The number of hydrogen-bond donors (Lipinski definition) is 1. The molecule has 17 heavy (non-hydrogen) atoms. The first-order chi connectivity index (χ1) is 8.31. The van der Waals surface area contributed by atoms with Crippen molar-refractivity contribution in [3.63, 3.8) is 0 Å². The summed E-state index contributed by atoms with van der Waals surface area (Å²) in [6.07, 6.45) is 5.24. The summed E-state index contributed by atoms with van der Waals surface area (Å²) < 4.78 is 7.99. The fourth-order valence-electron chi connectivity index (χ4n) is 2.68. The first-order valence-corrected chi connectivity index (χ1v) is 7.29. The van der Waals surface area contributed by atoms with Gasteiger partial charge in [-0.15, -0.1) is 5.10 Å². The van der Waals surface area contributed by atoms with Crippen LogP contribution < -0.4 is 5.73 Å². The minimum absolute atomic E-state index is 0.0996. The van der Waals surface area contributed by atoms with Crippen LogP contribution in [-0.4, -0.2) is 38.7 Å². The zero-order valence-corrected chi connectivity index (χ0v) is 10.7. The Hall–Kier alpha value is -0.590. The molecular formula is C11H18N4OS. The normalized spacial score (nSPS) is 33.4. The summed E-state index contributed by atoms with van der Waals surface area (Å²) in [5, 5.41) is 8.26. The zero-order chi connectivity index (χ0) is 11.7. The van der Waals surface area contributed by atoms with E-state index in [1.165, 1.54) is 12.2 Å². The van der Waals surface area contributed by atoms with Crippen molar-refractivity contribution in [1.82, 2.24) is 15.0 Å². The highest BCUT2D eigenvalue weighted by atomic mass is 32.2. The number of nitrogens with two attached hydrogens (primary N) is 1. The van der Waals surface area contributed by atoms with E-state index in [1.807, 2.05) is 22.6 Å². The van der Waals surface area contributed by atoms with Crippen molar-refractivity contribution in [3.8, 4) is 0 Å². The van der Waals surface area contributed by atoms with E-state index in [1.54, 1.807) is 0 Å². The molecule has 2 unspecified atom stereocenters. The van der Waals surface area contributed by atoms with Gasteiger partial charge in [0.1, 0.15) is 0 Å². The molecule has 0 bridgehead atoms. The molecule has 2 atom stereocenters. The van der Waals surface area contributed by atoms with Gasteiger partial charge < -0.3 is 10.5 Å². The summed E-state index contributed by atoms with van der Waals surface area (Å²) in [5.41, 5.74) is 6.53. The van der Waals surface area contributed by atoms with E-state index in [4.69, 9.17) is 10.5 Å². The Balaban J connectivity index is 1.74. The molecule has 3 heterocycles. The number of hydrogen-bond acceptors (Lipinski definition) is 5. The third-order valence-corrected chi connectivity index (χ3v) is 4.90. The highest BCUT2D eigenvalue weighted by Gasteiger charge is 2.41. The topological polar surface area (TPSA) is 66.0 Å².